The van der Waals surface area contributed by atoms with Crippen molar-refractivity contribution < 1.29 is 0 Å². The third kappa shape index (κ3) is 5.39. The van der Waals surface area contributed by atoms with E-state index in [-0.39, 0.29) is 5.37 Å². The average molecular weight is 796 g/mol. The summed E-state index contributed by atoms with van der Waals surface area (Å²) in [6.45, 7) is 0. The number of anilines is 1. The summed E-state index contributed by atoms with van der Waals surface area (Å²) in [6.07, 6.45) is 0. The number of hydrogen-bond donors (Lipinski definition) is 1. The number of para-hydroxylation sites is 3. The minimum absolute atomic E-state index is 0.200. The Morgan fingerprint density at radius 2 is 0.836 bits per heavy atom. The van der Waals surface area contributed by atoms with E-state index >= 15 is 0 Å². The van der Waals surface area contributed by atoms with Gasteiger partial charge in [-0.3, -0.25) is 0 Å². The van der Waals surface area contributed by atoms with Crippen LogP contribution in [0.25, 0.3) is 98.8 Å². The van der Waals surface area contributed by atoms with Gasteiger partial charge in [0.05, 0.1) is 22.1 Å². The summed E-state index contributed by atoms with van der Waals surface area (Å²) in [4.78, 5) is 1.33. The summed E-state index contributed by atoms with van der Waals surface area (Å²) in [5.41, 5.74) is 14.5. The Labute approximate surface area is 357 Å². The molecule has 61 heavy (non-hydrogen) atoms. The van der Waals surface area contributed by atoms with Crippen LogP contribution in [-0.2, 0) is 0 Å². The molecule has 1 aliphatic rings. The molecule has 13 rings (SSSR count). The maximum Gasteiger partial charge on any atom is 0.103 e. The zero-order valence-electron chi connectivity index (χ0n) is 33.1. The highest BCUT2D eigenvalue weighted by Crippen LogP contribution is 2.51. The number of rotatable bonds is 5. The van der Waals surface area contributed by atoms with Crippen LogP contribution >= 0.6 is 11.8 Å². The van der Waals surface area contributed by atoms with Gasteiger partial charge in [0.25, 0.3) is 0 Å². The van der Waals surface area contributed by atoms with Crippen molar-refractivity contribution in [2.24, 2.45) is 0 Å². The minimum Gasteiger partial charge on any atom is -0.368 e. The Hall–Kier alpha value is -7.53. The number of nitrogens with one attached hydrogen (secondary N) is 1. The van der Waals surface area contributed by atoms with Gasteiger partial charge in [0.2, 0.25) is 0 Å². The second-order valence-corrected chi connectivity index (χ2v) is 17.3. The fourth-order valence-electron chi connectivity index (χ4n) is 9.85. The van der Waals surface area contributed by atoms with Gasteiger partial charge in [-0.2, -0.15) is 0 Å². The number of aromatic nitrogens is 2. The molecule has 4 heteroatoms. The topological polar surface area (TPSA) is 21.9 Å². The summed E-state index contributed by atoms with van der Waals surface area (Å²) in [7, 11) is 0. The quantitative estimate of drug-likeness (QED) is 0.175. The Balaban J connectivity index is 0.953. The van der Waals surface area contributed by atoms with Gasteiger partial charge in [0.15, 0.2) is 0 Å². The molecular weight excluding hydrogens is 759 g/mol. The third-order valence-electron chi connectivity index (χ3n) is 12.7. The molecular formula is C57H37N3S. The second-order valence-electron chi connectivity index (χ2n) is 16.1. The van der Waals surface area contributed by atoms with Gasteiger partial charge in [-0.1, -0.05) is 145 Å². The molecule has 1 atom stereocenters. The highest BCUT2D eigenvalue weighted by atomic mass is 32.2. The lowest BCUT2D eigenvalue weighted by Gasteiger charge is -2.11. The first-order valence-electron chi connectivity index (χ1n) is 20.9. The smallest absolute Gasteiger partial charge is 0.103 e. The predicted molar refractivity (Wildman–Crippen MR) is 260 cm³/mol. The SMILES string of the molecule is c1ccc(C2Nc3ccc4ccc5cc(-c6ccc7c(c6)c6cc(-c8ccc9c(c8)c8ccccc8n9-c8ccccc8)ccc6n7-c6ccccc6)ccc5c4c3S2)cc1. The van der Waals surface area contributed by atoms with Crippen LogP contribution in [0.2, 0.25) is 0 Å². The molecule has 0 aliphatic carbocycles. The monoisotopic (exact) mass is 795 g/mol. The van der Waals surface area contributed by atoms with Crippen LogP contribution in [0.3, 0.4) is 0 Å². The first-order valence-corrected chi connectivity index (χ1v) is 21.8. The summed E-state index contributed by atoms with van der Waals surface area (Å²) >= 11 is 1.92. The summed E-state index contributed by atoms with van der Waals surface area (Å²) < 4.78 is 4.79. The van der Waals surface area contributed by atoms with Crippen molar-refractivity contribution in [2.75, 3.05) is 5.32 Å². The van der Waals surface area contributed by atoms with Crippen molar-refractivity contribution >= 4 is 82.6 Å². The van der Waals surface area contributed by atoms with E-state index in [0.717, 1.165) is 5.69 Å². The van der Waals surface area contributed by atoms with Gasteiger partial charge in [0.1, 0.15) is 5.37 Å². The lowest BCUT2D eigenvalue weighted by Crippen LogP contribution is -2.00. The van der Waals surface area contributed by atoms with Crippen molar-refractivity contribution in [3.05, 3.63) is 218 Å². The first kappa shape index (κ1) is 34.3. The van der Waals surface area contributed by atoms with Crippen LogP contribution < -0.4 is 5.32 Å². The zero-order chi connectivity index (χ0) is 40.0. The fraction of sp³-hybridized carbons (Fsp3) is 0.0175. The lowest BCUT2D eigenvalue weighted by atomic mass is 9.96. The summed E-state index contributed by atoms with van der Waals surface area (Å²) in [5.74, 6) is 0. The molecule has 286 valence electrons. The van der Waals surface area contributed by atoms with Crippen molar-refractivity contribution in [1.29, 1.82) is 0 Å². The van der Waals surface area contributed by atoms with E-state index in [2.05, 4.69) is 227 Å². The van der Waals surface area contributed by atoms with Crippen LogP contribution in [0.1, 0.15) is 10.9 Å². The molecule has 10 aromatic carbocycles. The van der Waals surface area contributed by atoms with Gasteiger partial charge in [-0.15, -0.1) is 0 Å². The van der Waals surface area contributed by atoms with E-state index in [0.29, 0.717) is 0 Å². The van der Waals surface area contributed by atoms with Crippen LogP contribution in [0.5, 0.6) is 0 Å². The van der Waals surface area contributed by atoms with Crippen molar-refractivity contribution in [3.8, 4) is 33.6 Å². The fourth-order valence-corrected chi connectivity index (χ4v) is 11.2. The van der Waals surface area contributed by atoms with Gasteiger partial charge in [-0.25, -0.2) is 0 Å². The molecule has 0 saturated heterocycles. The molecule has 12 aromatic rings. The molecule has 3 heterocycles. The Morgan fingerprint density at radius 1 is 0.361 bits per heavy atom. The molecule has 1 aliphatic heterocycles. The van der Waals surface area contributed by atoms with Crippen LogP contribution in [0, 0.1) is 0 Å². The summed E-state index contributed by atoms with van der Waals surface area (Å²) in [5, 5.41) is 14.1. The van der Waals surface area contributed by atoms with Crippen LogP contribution in [-0.4, -0.2) is 9.13 Å². The van der Waals surface area contributed by atoms with E-state index in [4.69, 9.17) is 0 Å². The van der Waals surface area contributed by atoms with Crippen molar-refractivity contribution in [3.63, 3.8) is 0 Å². The largest absolute Gasteiger partial charge is 0.368 e. The minimum atomic E-state index is 0.200. The normalized spacial score (nSPS) is 13.8. The van der Waals surface area contributed by atoms with Gasteiger partial charge >= 0.3 is 0 Å². The number of nitrogens with zero attached hydrogens (tertiary/aromatic N) is 2. The molecule has 0 radical (unpaired) electrons. The molecule has 1 unspecified atom stereocenters. The molecule has 0 fully saturated rings. The predicted octanol–water partition coefficient (Wildman–Crippen LogP) is 15.7. The van der Waals surface area contributed by atoms with Crippen molar-refractivity contribution in [2.45, 2.75) is 10.3 Å². The van der Waals surface area contributed by atoms with Gasteiger partial charge in [0, 0.05) is 48.9 Å². The van der Waals surface area contributed by atoms with Crippen molar-refractivity contribution in [1.82, 2.24) is 9.13 Å². The van der Waals surface area contributed by atoms with Crippen LogP contribution in [0.4, 0.5) is 5.69 Å². The average Bonchev–Trinajstić information content (AvgIpc) is 4.02. The van der Waals surface area contributed by atoms with E-state index in [1.807, 2.05) is 11.8 Å². The van der Waals surface area contributed by atoms with Crippen LogP contribution in [0.15, 0.2) is 217 Å². The highest BCUT2D eigenvalue weighted by Gasteiger charge is 2.26. The highest BCUT2D eigenvalue weighted by molar-refractivity contribution is 8.00. The molecule has 0 bridgehead atoms. The number of hydrogen-bond acceptors (Lipinski definition) is 2. The molecule has 0 amide bonds. The number of benzene rings is 10. The molecule has 0 spiro atoms. The molecule has 3 nitrogen and oxygen atoms in total. The number of fused-ring (bicyclic) bond motifs is 11. The maximum atomic E-state index is 3.79. The standard InChI is InChI=1S/C57H37N3S/c1-4-12-37(13-5-1)57-58-50-28-23-36-20-21-42-32-38(22-27-45(42)55(36)56(50)61-57)39-24-30-53-48(34-39)49-35-41(26-31-54(49)60(53)44-16-8-3-9-17-44)40-25-29-52-47(33-40)46-18-10-11-19-51(46)59(52)43-14-6-2-7-15-43/h1-35,57-58H. The van der Waals surface area contributed by atoms with Gasteiger partial charge < -0.3 is 14.5 Å². The first-order chi connectivity index (χ1) is 30.2. The lowest BCUT2D eigenvalue weighted by molar-refractivity contribution is 1.14. The van der Waals surface area contributed by atoms with E-state index in [1.54, 1.807) is 0 Å². The zero-order valence-corrected chi connectivity index (χ0v) is 33.9. The Kier molecular flexibility index (Phi) is 7.60. The molecule has 2 aromatic heterocycles. The molecule has 1 N–H and O–H groups in total. The summed E-state index contributed by atoms with van der Waals surface area (Å²) in [6, 6.07) is 78.0. The Morgan fingerprint density at radius 3 is 1.46 bits per heavy atom. The maximum absolute atomic E-state index is 3.79. The van der Waals surface area contributed by atoms with Gasteiger partial charge in [-0.05, 0) is 123 Å². The Bertz CT molecular complexity index is 3700. The second kappa shape index (κ2) is 13.5. The third-order valence-corrected chi connectivity index (χ3v) is 14.0. The van der Waals surface area contributed by atoms with E-state index in [9.17, 15) is 0 Å². The number of thioether (sulfide) groups is 1. The van der Waals surface area contributed by atoms with E-state index in [1.165, 1.54) is 109 Å². The van der Waals surface area contributed by atoms with E-state index < -0.39 is 0 Å². The molecule has 0 saturated carbocycles.